The lowest BCUT2D eigenvalue weighted by Gasteiger charge is -2.29. The molecule has 0 aliphatic rings. The number of aryl methyl sites for hydroxylation is 2. The van der Waals surface area contributed by atoms with Crippen LogP contribution in [-0.2, 0) is 16.6 Å². The van der Waals surface area contributed by atoms with Crippen LogP contribution in [0.5, 0.6) is 0 Å². The Morgan fingerprint density at radius 1 is 1.27 bits per heavy atom. The van der Waals surface area contributed by atoms with E-state index in [1.165, 1.54) is 27.7 Å². The number of fused-ring (bicyclic) bond motifs is 1. The van der Waals surface area contributed by atoms with Gasteiger partial charge in [-0.2, -0.15) is 0 Å². The molecule has 0 radical (unpaired) electrons. The van der Waals surface area contributed by atoms with Crippen molar-refractivity contribution in [3.63, 3.8) is 0 Å². The predicted octanol–water partition coefficient (Wildman–Crippen LogP) is 4.18. The van der Waals surface area contributed by atoms with Gasteiger partial charge >= 0.3 is 0 Å². The Bertz CT molecular complexity index is 684. The molecule has 0 fully saturated rings. The first-order valence-electron chi connectivity index (χ1n) is 8.14. The molecule has 0 aliphatic heterocycles. The number of carbonyl (C=O) groups is 1. The molecule has 0 bridgehead atoms. The molecule has 2 aromatic rings. The SMILES string of the molecule is CCc1cccc2c(C)c(C(C)(CC)CC(=O)N(C)C)[nH]c12. The van der Waals surface area contributed by atoms with Crippen molar-refractivity contribution in [1.29, 1.82) is 0 Å². The van der Waals surface area contributed by atoms with Crippen LogP contribution < -0.4 is 0 Å². The van der Waals surface area contributed by atoms with Gasteiger partial charge < -0.3 is 9.88 Å². The number of nitrogens with zero attached hydrogens (tertiary/aromatic N) is 1. The zero-order chi connectivity index (χ0) is 16.5. The van der Waals surface area contributed by atoms with Gasteiger partial charge in [-0.3, -0.25) is 4.79 Å². The number of amides is 1. The third-order valence-electron chi connectivity index (χ3n) is 4.98. The van der Waals surface area contributed by atoms with Crippen molar-refractivity contribution < 1.29 is 4.79 Å². The highest BCUT2D eigenvalue weighted by Crippen LogP contribution is 2.37. The molecule has 120 valence electrons. The molecule has 1 N–H and O–H groups in total. The van der Waals surface area contributed by atoms with Crippen molar-refractivity contribution in [2.45, 2.75) is 52.4 Å². The minimum atomic E-state index is -0.157. The fourth-order valence-corrected chi connectivity index (χ4v) is 3.19. The highest BCUT2D eigenvalue weighted by molar-refractivity contribution is 5.88. The lowest BCUT2D eigenvalue weighted by molar-refractivity contribution is -0.130. The first-order chi connectivity index (χ1) is 10.3. The third-order valence-corrected chi connectivity index (χ3v) is 4.98. The Morgan fingerprint density at radius 2 is 1.95 bits per heavy atom. The Kier molecular flexibility index (Phi) is 4.64. The molecule has 3 heteroatoms. The molecular weight excluding hydrogens is 272 g/mol. The fraction of sp³-hybridized carbons (Fsp3) is 0.526. The van der Waals surface area contributed by atoms with Crippen molar-refractivity contribution in [3.05, 3.63) is 35.0 Å². The Balaban J connectivity index is 2.56. The second-order valence-electron chi connectivity index (χ2n) is 6.70. The number of aromatic amines is 1. The van der Waals surface area contributed by atoms with Gasteiger partial charge in [0.15, 0.2) is 0 Å². The summed E-state index contributed by atoms with van der Waals surface area (Å²) in [6.45, 7) is 8.70. The normalized spacial score (nSPS) is 14.1. The third kappa shape index (κ3) is 2.77. The summed E-state index contributed by atoms with van der Waals surface area (Å²) in [5, 5.41) is 1.28. The molecule has 1 aromatic heterocycles. The van der Waals surface area contributed by atoms with Gasteiger partial charge in [-0.25, -0.2) is 0 Å². The topological polar surface area (TPSA) is 36.1 Å². The first-order valence-corrected chi connectivity index (χ1v) is 8.14. The number of nitrogens with one attached hydrogen (secondary N) is 1. The molecular formula is C19H28N2O. The van der Waals surface area contributed by atoms with Crippen molar-refractivity contribution in [2.24, 2.45) is 0 Å². The maximum atomic E-state index is 12.3. The van der Waals surface area contributed by atoms with Crippen LogP contribution in [-0.4, -0.2) is 29.9 Å². The van der Waals surface area contributed by atoms with Crippen LogP contribution in [0.1, 0.15) is 50.4 Å². The Morgan fingerprint density at radius 3 is 2.50 bits per heavy atom. The second-order valence-corrected chi connectivity index (χ2v) is 6.70. The number of hydrogen-bond donors (Lipinski definition) is 1. The maximum absolute atomic E-state index is 12.3. The van der Waals surface area contributed by atoms with Crippen LogP contribution in [0.15, 0.2) is 18.2 Å². The van der Waals surface area contributed by atoms with Crippen LogP contribution in [0.4, 0.5) is 0 Å². The summed E-state index contributed by atoms with van der Waals surface area (Å²) in [5.41, 5.74) is 4.90. The van der Waals surface area contributed by atoms with Gasteiger partial charge in [-0.15, -0.1) is 0 Å². The summed E-state index contributed by atoms with van der Waals surface area (Å²) in [6, 6.07) is 6.48. The molecule has 0 spiro atoms. The molecule has 0 saturated heterocycles. The molecule has 1 heterocycles. The number of hydrogen-bond acceptors (Lipinski definition) is 1. The van der Waals surface area contributed by atoms with Crippen molar-refractivity contribution in [3.8, 4) is 0 Å². The molecule has 3 nitrogen and oxygen atoms in total. The standard InChI is InChI=1S/C19H28N2O/c1-7-14-10-9-11-15-13(3)18(20-17(14)15)19(4,8-2)12-16(22)21(5)6/h9-11,20H,7-8,12H2,1-6H3. The molecule has 1 atom stereocenters. The van der Waals surface area contributed by atoms with Gasteiger partial charge in [0.1, 0.15) is 0 Å². The van der Waals surface area contributed by atoms with E-state index in [1.807, 2.05) is 14.1 Å². The summed E-state index contributed by atoms with van der Waals surface area (Å²) in [4.78, 5) is 17.6. The minimum absolute atomic E-state index is 0.157. The lowest BCUT2D eigenvalue weighted by Crippen LogP contribution is -2.32. The number of para-hydroxylation sites is 1. The summed E-state index contributed by atoms with van der Waals surface area (Å²) < 4.78 is 0. The van der Waals surface area contributed by atoms with Crippen molar-refractivity contribution in [1.82, 2.24) is 9.88 Å². The maximum Gasteiger partial charge on any atom is 0.222 e. The van der Waals surface area contributed by atoms with E-state index >= 15 is 0 Å². The molecule has 0 aliphatic carbocycles. The largest absolute Gasteiger partial charge is 0.357 e. The van der Waals surface area contributed by atoms with Crippen molar-refractivity contribution >= 4 is 16.8 Å². The number of aromatic nitrogens is 1. The molecule has 22 heavy (non-hydrogen) atoms. The molecule has 0 saturated carbocycles. The zero-order valence-corrected chi connectivity index (χ0v) is 14.7. The van der Waals surface area contributed by atoms with Crippen LogP contribution in [0.3, 0.4) is 0 Å². The van der Waals surface area contributed by atoms with E-state index in [0.717, 1.165) is 12.8 Å². The Labute approximate surface area is 133 Å². The number of carbonyl (C=O) groups excluding carboxylic acids is 1. The smallest absolute Gasteiger partial charge is 0.222 e. The summed E-state index contributed by atoms with van der Waals surface area (Å²) >= 11 is 0. The number of benzene rings is 1. The van der Waals surface area contributed by atoms with Crippen molar-refractivity contribution in [2.75, 3.05) is 14.1 Å². The van der Waals surface area contributed by atoms with Crippen LogP contribution in [0.2, 0.25) is 0 Å². The van der Waals surface area contributed by atoms with Gasteiger partial charge in [0.2, 0.25) is 5.91 Å². The molecule has 1 aromatic carbocycles. The highest BCUT2D eigenvalue weighted by Gasteiger charge is 2.32. The average molecular weight is 300 g/mol. The summed E-state index contributed by atoms with van der Waals surface area (Å²) in [7, 11) is 3.65. The molecule has 2 rings (SSSR count). The number of H-pyrrole nitrogens is 1. The average Bonchev–Trinajstić information content (AvgIpc) is 2.85. The Hall–Kier alpha value is -1.77. The van der Waals surface area contributed by atoms with E-state index in [2.05, 4.69) is 50.9 Å². The zero-order valence-electron chi connectivity index (χ0n) is 14.7. The summed E-state index contributed by atoms with van der Waals surface area (Å²) in [6.07, 6.45) is 2.48. The van der Waals surface area contributed by atoms with Crippen LogP contribution in [0, 0.1) is 6.92 Å². The molecule has 1 amide bonds. The summed E-state index contributed by atoms with van der Waals surface area (Å²) in [5.74, 6) is 0.179. The van der Waals surface area contributed by atoms with E-state index < -0.39 is 0 Å². The van der Waals surface area contributed by atoms with Gasteiger partial charge in [-0.05, 0) is 30.9 Å². The van der Waals surface area contributed by atoms with Gasteiger partial charge in [0.25, 0.3) is 0 Å². The quantitative estimate of drug-likeness (QED) is 0.883. The van der Waals surface area contributed by atoms with E-state index in [4.69, 9.17) is 0 Å². The fourth-order valence-electron chi connectivity index (χ4n) is 3.19. The monoisotopic (exact) mass is 300 g/mol. The van der Waals surface area contributed by atoms with E-state index in [1.54, 1.807) is 4.90 Å². The predicted molar refractivity (Wildman–Crippen MR) is 93.4 cm³/mol. The van der Waals surface area contributed by atoms with E-state index in [0.29, 0.717) is 6.42 Å². The van der Waals surface area contributed by atoms with E-state index in [-0.39, 0.29) is 11.3 Å². The van der Waals surface area contributed by atoms with Crippen LogP contribution >= 0.6 is 0 Å². The van der Waals surface area contributed by atoms with Gasteiger partial charge in [0.05, 0.1) is 0 Å². The van der Waals surface area contributed by atoms with Gasteiger partial charge in [-0.1, -0.05) is 39.0 Å². The molecule has 1 unspecified atom stereocenters. The second kappa shape index (κ2) is 6.15. The minimum Gasteiger partial charge on any atom is -0.357 e. The lowest BCUT2D eigenvalue weighted by atomic mass is 9.78. The van der Waals surface area contributed by atoms with Crippen LogP contribution in [0.25, 0.3) is 10.9 Å². The highest BCUT2D eigenvalue weighted by atomic mass is 16.2. The first kappa shape index (κ1) is 16.6. The number of rotatable bonds is 5. The van der Waals surface area contributed by atoms with E-state index in [9.17, 15) is 4.79 Å². The van der Waals surface area contributed by atoms with Gasteiger partial charge in [0, 0.05) is 42.5 Å².